The minimum Gasteiger partial charge on any atom is -1.00 e. The molecule has 4 heteroatoms. The maximum Gasteiger partial charge on any atom is 0.185 e. The minimum atomic E-state index is 0. The highest BCUT2D eigenvalue weighted by atomic mass is 35.5. The smallest absolute Gasteiger partial charge is 0.185 e. The lowest BCUT2D eigenvalue weighted by atomic mass is 10.2. The number of aromatic nitrogens is 2. The number of benzene rings is 1. The van der Waals surface area contributed by atoms with E-state index < -0.39 is 0 Å². The molecule has 0 saturated heterocycles. The van der Waals surface area contributed by atoms with Gasteiger partial charge in [0.1, 0.15) is 0 Å². The van der Waals surface area contributed by atoms with E-state index in [1.165, 1.54) is 16.5 Å². The van der Waals surface area contributed by atoms with Crippen LogP contribution in [-0.4, -0.2) is 0 Å². The third-order valence-corrected chi connectivity index (χ3v) is 3.16. The molecule has 2 aromatic heterocycles. The Bertz CT molecular complexity index is 657. The number of H-pyrrole nitrogens is 1. The largest absolute Gasteiger partial charge is 1.00 e. The van der Waals surface area contributed by atoms with Crippen LogP contribution in [-0.2, 0) is 13.0 Å². The van der Waals surface area contributed by atoms with E-state index in [4.69, 9.17) is 0 Å². The molecule has 0 bridgehead atoms. The molecular weight excluding hydrogens is 291 g/mol. The molecule has 0 amide bonds. The molecule has 3 aromatic rings. The fourth-order valence-corrected chi connectivity index (χ4v) is 2.15. The topological polar surface area (TPSA) is 18.0 Å². The number of rotatable bonds is 3. The predicted molar refractivity (Wildman–Crippen MR) is 70.8 cm³/mol. The van der Waals surface area contributed by atoms with Crippen molar-refractivity contribution in [2.45, 2.75) is 13.0 Å². The van der Waals surface area contributed by atoms with E-state index in [9.17, 15) is 0 Å². The highest BCUT2D eigenvalue weighted by Crippen LogP contribution is 2.09. The van der Waals surface area contributed by atoms with E-state index in [1.54, 1.807) is 0 Å². The molecule has 2 nitrogen and oxygen atoms in total. The van der Waals surface area contributed by atoms with Crippen LogP contribution in [0, 0.1) is 0 Å². The first-order chi connectivity index (χ1) is 8.92. The molecule has 0 unspecified atom stereocenters. The molecule has 0 radical (unpaired) electrons. The number of nitrogens with one attached hydrogen (secondary N) is 1. The summed E-state index contributed by atoms with van der Waals surface area (Å²) in [5.74, 6) is 0. The molecule has 0 atom stereocenters. The van der Waals surface area contributed by atoms with Gasteiger partial charge in [-0.1, -0.05) is 24.3 Å². The average molecular weight is 307 g/mol. The van der Waals surface area contributed by atoms with Crippen molar-refractivity contribution in [1.82, 2.24) is 0 Å². The number of aromatic amines is 1. The van der Waals surface area contributed by atoms with Crippen molar-refractivity contribution >= 4 is 10.8 Å². The molecule has 1 aromatic carbocycles. The quantitative estimate of drug-likeness (QED) is 0.442. The number of hydrogen-bond donors (Lipinski definition) is 0. The fraction of sp³-hybridized carbons (Fsp3) is 0.125. The number of pyridine rings is 2. The van der Waals surface area contributed by atoms with Gasteiger partial charge >= 0.3 is 0 Å². The van der Waals surface area contributed by atoms with E-state index in [1.807, 2.05) is 12.3 Å². The molecule has 2 heterocycles. The van der Waals surface area contributed by atoms with Gasteiger partial charge in [0.15, 0.2) is 30.8 Å². The minimum absolute atomic E-state index is 0. The van der Waals surface area contributed by atoms with E-state index in [0.717, 1.165) is 13.0 Å². The second-order valence-electron chi connectivity index (χ2n) is 4.45. The molecule has 20 heavy (non-hydrogen) atoms. The number of nitrogens with zero attached hydrogens (tertiary/aromatic N) is 1. The van der Waals surface area contributed by atoms with Gasteiger partial charge in [-0.2, -0.15) is 0 Å². The first-order valence-corrected chi connectivity index (χ1v) is 6.25. The summed E-state index contributed by atoms with van der Waals surface area (Å²) in [6.45, 7) is 0.991. The Morgan fingerprint density at radius 2 is 1.60 bits per heavy atom. The van der Waals surface area contributed by atoms with Gasteiger partial charge in [0.05, 0.1) is 6.42 Å². The number of aryl methyl sites for hydroxylation is 2. The van der Waals surface area contributed by atoms with Crippen molar-refractivity contribution in [2.75, 3.05) is 0 Å². The normalized spacial score (nSPS) is 9.60. The zero-order valence-electron chi connectivity index (χ0n) is 11.0. The molecule has 3 rings (SSSR count). The van der Waals surface area contributed by atoms with Gasteiger partial charge in [-0.15, -0.1) is 0 Å². The summed E-state index contributed by atoms with van der Waals surface area (Å²) in [5, 5.41) is 2.58. The lowest BCUT2D eigenvalue weighted by Gasteiger charge is -1.97. The van der Waals surface area contributed by atoms with Crippen LogP contribution in [0.25, 0.3) is 10.8 Å². The SMILES string of the molecule is [Cl-].[Cl-].c1ccc(CC[n+]2ccc3ccccc3c2)[nH+]c1. The average Bonchev–Trinajstić information content (AvgIpc) is 2.46. The molecule has 0 spiro atoms. The monoisotopic (exact) mass is 306 g/mol. The zero-order valence-corrected chi connectivity index (χ0v) is 12.5. The molecule has 104 valence electrons. The summed E-state index contributed by atoms with van der Waals surface area (Å²) < 4.78 is 2.24. The van der Waals surface area contributed by atoms with Crippen molar-refractivity contribution in [2.24, 2.45) is 0 Å². The zero-order chi connectivity index (χ0) is 12.2. The third-order valence-electron chi connectivity index (χ3n) is 3.16. The standard InChI is InChI=1S/C16H15N2.2ClH/c1-2-6-15-13-18(11-8-14(15)5-1)12-9-16-7-3-4-10-17-16;;/h1-8,10-11,13H,9,12H2;2*1H/q+1;;/p-1. The Kier molecular flexibility index (Phi) is 6.43. The highest BCUT2D eigenvalue weighted by Gasteiger charge is 2.06. The van der Waals surface area contributed by atoms with E-state index in [2.05, 4.69) is 64.4 Å². The van der Waals surface area contributed by atoms with Gasteiger partial charge in [-0.05, 0) is 11.5 Å². The Balaban J connectivity index is 0.000001000. The lowest BCUT2D eigenvalue weighted by molar-refractivity contribution is -0.696. The van der Waals surface area contributed by atoms with Crippen molar-refractivity contribution in [1.29, 1.82) is 0 Å². The molecule has 0 aliphatic carbocycles. The second-order valence-corrected chi connectivity index (χ2v) is 4.45. The summed E-state index contributed by atoms with van der Waals surface area (Å²) >= 11 is 0. The van der Waals surface area contributed by atoms with Gasteiger partial charge < -0.3 is 24.8 Å². The van der Waals surface area contributed by atoms with Crippen LogP contribution in [0.3, 0.4) is 0 Å². The first kappa shape index (κ1) is 16.4. The van der Waals surface area contributed by atoms with E-state index in [-0.39, 0.29) is 24.8 Å². The number of hydrogen-bond acceptors (Lipinski definition) is 0. The summed E-state index contributed by atoms with van der Waals surface area (Å²) in [4.78, 5) is 3.26. The van der Waals surface area contributed by atoms with Crippen LogP contribution in [0.5, 0.6) is 0 Å². The predicted octanol–water partition coefficient (Wildman–Crippen LogP) is -3.81. The van der Waals surface area contributed by atoms with Crippen molar-refractivity contribution < 1.29 is 34.4 Å². The van der Waals surface area contributed by atoms with Crippen LogP contribution in [0.1, 0.15) is 5.69 Å². The van der Waals surface area contributed by atoms with Crippen molar-refractivity contribution in [3.05, 3.63) is 72.8 Å². The summed E-state index contributed by atoms with van der Waals surface area (Å²) in [6, 6.07) is 16.8. The van der Waals surface area contributed by atoms with Crippen LogP contribution < -0.4 is 34.4 Å². The molecule has 0 saturated carbocycles. The van der Waals surface area contributed by atoms with Crippen LogP contribution in [0.2, 0.25) is 0 Å². The number of halogens is 2. The highest BCUT2D eigenvalue weighted by molar-refractivity contribution is 5.80. The summed E-state index contributed by atoms with van der Waals surface area (Å²) in [5.41, 5.74) is 1.26. The second kappa shape index (κ2) is 7.83. The summed E-state index contributed by atoms with van der Waals surface area (Å²) in [6.07, 6.45) is 7.34. The number of fused-ring (bicyclic) bond motifs is 1. The lowest BCUT2D eigenvalue weighted by Crippen LogP contribution is -3.00. The van der Waals surface area contributed by atoms with Crippen LogP contribution >= 0.6 is 0 Å². The van der Waals surface area contributed by atoms with E-state index >= 15 is 0 Å². The Morgan fingerprint density at radius 1 is 0.850 bits per heavy atom. The maximum atomic E-state index is 3.26. The molecule has 1 N–H and O–H groups in total. The van der Waals surface area contributed by atoms with Crippen LogP contribution in [0.4, 0.5) is 0 Å². The van der Waals surface area contributed by atoms with Crippen molar-refractivity contribution in [3.63, 3.8) is 0 Å². The molecular formula is C16H16Cl2N2. The van der Waals surface area contributed by atoms with Gasteiger partial charge in [0.25, 0.3) is 0 Å². The van der Waals surface area contributed by atoms with Gasteiger partial charge in [0.2, 0.25) is 0 Å². The van der Waals surface area contributed by atoms with Crippen LogP contribution in [0.15, 0.2) is 67.1 Å². The van der Waals surface area contributed by atoms with Gasteiger partial charge in [-0.3, -0.25) is 0 Å². The Morgan fingerprint density at radius 3 is 2.35 bits per heavy atom. The van der Waals surface area contributed by atoms with Gasteiger partial charge in [-0.25, -0.2) is 9.55 Å². The maximum absolute atomic E-state index is 3.26. The van der Waals surface area contributed by atoms with Crippen molar-refractivity contribution in [3.8, 4) is 0 Å². The fourth-order valence-electron chi connectivity index (χ4n) is 2.15. The molecule has 0 fully saturated rings. The molecule has 0 aliphatic rings. The van der Waals surface area contributed by atoms with Gasteiger partial charge in [0, 0.05) is 23.6 Å². The Labute approximate surface area is 131 Å². The Hall–Kier alpha value is -1.64. The first-order valence-electron chi connectivity index (χ1n) is 6.25. The molecule has 0 aliphatic heterocycles. The third kappa shape index (κ3) is 3.92. The van der Waals surface area contributed by atoms with E-state index in [0.29, 0.717) is 0 Å². The summed E-state index contributed by atoms with van der Waals surface area (Å²) in [7, 11) is 0.